The molecular weight excluding hydrogens is 308 g/mol. The van der Waals surface area contributed by atoms with Crippen molar-refractivity contribution in [2.45, 2.75) is 13.5 Å². The average Bonchev–Trinajstić information content (AvgIpc) is 2.39. The number of hydrogen-bond acceptors (Lipinski definition) is 4. The molecule has 0 saturated heterocycles. The summed E-state index contributed by atoms with van der Waals surface area (Å²) < 4.78 is 12.1. The van der Waals surface area contributed by atoms with E-state index in [4.69, 9.17) is 15.2 Å². The number of nitrogens with zero attached hydrogens (tertiary/aromatic N) is 1. The minimum atomic E-state index is 0.387. The zero-order chi connectivity index (χ0) is 13.7. The van der Waals surface area contributed by atoms with Crippen molar-refractivity contribution in [2.24, 2.45) is 0 Å². The summed E-state index contributed by atoms with van der Waals surface area (Å²) in [7, 11) is 0. The van der Waals surface area contributed by atoms with Crippen LogP contribution in [0, 0.1) is 0 Å². The molecule has 2 aromatic rings. The predicted octanol–water partition coefficient (Wildman–Crippen LogP) is 3.40. The Kier molecular flexibility index (Phi) is 4.63. The molecule has 0 aliphatic rings. The molecule has 0 atom stereocenters. The van der Waals surface area contributed by atoms with Gasteiger partial charge in [-0.2, -0.15) is 0 Å². The van der Waals surface area contributed by atoms with Crippen LogP contribution >= 0.6 is 15.9 Å². The van der Waals surface area contributed by atoms with Crippen molar-refractivity contribution in [1.82, 2.24) is 4.98 Å². The summed E-state index contributed by atoms with van der Waals surface area (Å²) >= 11 is 3.35. The normalized spacial score (nSPS) is 10.2. The fourth-order valence-electron chi connectivity index (χ4n) is 1.64. The first kappa shape index (κ1) is 13.7. The number of nitrogens with two attached hydrogens (primary N) is 1. The first-order chi connectivity index (χ1) is 9.19. The standard InChI is InChI=1S/C14H15BrN2O2/c1-2-18-14-4-3-12(16)5-10(14)9-19-13-6-11(15)7-17-8-13/h3-8H,2,9,16H2,1H3. The number of hydrogen-bond donors (Lipinski definition) is 1. The summed E-state index contributed by atoms with van der Waals surface area (Å²) in [6.07, 6.45) is 3.37. The Morgan fingerprint density at radius 3 is 2.79 bits per heavy atom. The van der Waals surface area contributed by atoms with Crippen molar-refractivity contribution in [3.63, 3.8) is 0 Å². The van der Waals surface area contributed by atoms with Gasteiger partial charge >= 0.3 is 0 Å². The lowest BCUT2D eigenvalue weighted by molar-refractivity contribution is 0.285. The third kappa shape index (κ3) is 3.86. The van der Waals surface area contributed by atoms with Crippen LogP contribution in [0.1, 0.15) is 12.5 Å². The number of benzene rings is 1. The molecule has 2 rings (SSSR count). The van der Waals surface area contributed by atoms with E-state index < -0.39 is 0 Å². The summed E-state index contributed by atoms with van der Waals surface area (Å²) in [6.45, 7) is 2.94. The molecule has 4 nitrogen and oxygen atoms in total. The Balaban J connectivity index is 2.12. The van der Waals surface area contributed by atoms with Crippen LogP contribution in [-0.2, 0) is 6.61 Å². The van der Waals surface area contributed by atoms with Crippen LogP contribution in [0.5, 0.6) is 11.5 Å². The highest BCUT2D eigenvalue weighted by Gasteiger charge is 2.05. The van der Waals surface area contributed by atoms with Crippen LogP contribution in [-0.4, -0.2) is 11.6 Å². The lowest BCUT2D eigenvalue weighted by Gasteiger charge is -2.12. The summed E-state index contributed by atoms with van der Waals surface area (Å²) in [5, 5.41) is 0. The molecular formula is C14H15BrN2O2. The van der Waals surface area contributed by atoms with Gasteiger partial charge < -0.3 is 15.2 Å². The van der Waals surface area contributed by atoms with Crippen LogP contribution in [0.15, 0.2) is 41.1 Å². The van der Waals surface area contributed by atoms with Gasteiger partial charge in [0.1, 0.15) is 18.1 Å². The molecule has 0 spiro atoms. The van der Waals surface area contributed by atoms with Crippen LogP contribution in [0.2, 0.25) is 0 Å². The van der Waals surface area contributed by atoms with Gasteiger partial charge in [0.05, 0.1) is 12.8 Å². The fraction of sp³-hybridized carbons (Fsp3) is 0.214. The molecule has 1 aromatic heterocycles. The summed E-state index contributed by atoms with van der Waals surface area (Å²) in [5.74, 6) is 1.49. The first-order valence-corrected chi connectivity index (χ1v) is 6.73. The van der Waals surface area contributed by atoms with E-state index in [1.165, 1.54) is 0 Å². The molecule has 0 saturated carbocycles. The van der Waals surface area contributed by atoms with E-state index in [1.807, 2.05) is 31.2 Å². The maximum absolute atomic E-state index is 5.79. The second-order valence-corrected chi connectivity index (χ2v) is 4.84. The number of ether oxygens (including phenoxy) is 2. The average molecular weight is 323 g/mol. The van der Waals surface area contributed by atoms with Gasteiger partial charge in [0, 0.05) is 21.9 Å². The fourth-order valence-corrected chi connectivity index (χ4v) is 1.98. The number of pyridine rings is 1. The van der Waals surface area contributed by atoms with E-state index in [-0.39, 0.29) is 0 Å². The highest BCUT2D eigenvalue weighted by atomic mass is 79.9. The third-order valence-electron chi connectivity index (χ3n) is 2.46. The quantitative estimate of drug-likeness (QED) is 0.857. The van der Waals surface area contributed by atoms with Crippen LogP contribution in [0.25, 0.3) is 0 Å². The van der Waals surface area contributed by atoms with E-state index in [0.29, 0.717) is 24.7 Å². The number of nitrogen functional groups attached to an aromatic ring is 1. The van der Waals surface area contributed by atoms with Gasteiger partial charge in [-0.15, -0.1) is 0 Å². The van der Waals surface area contributed by atoms with Gasteiger partial charge in [-0.1, -0.05) is 0 Å². The third-order valence-corrected chi connectivity index (χ3v) is 2.89. The van der Waals surface area contributed by atoms with Crippen LogP contribution in [0.4, 0.5) is 5.69 Å². The van der Waals surface area contributed by atoms with Crippen LogP contribution < -0.4 is 15.2 Å². The Bertz CT molecular complexity index is 561. The molecule has 1 aromatic carbocycles. The smallest absolute Gasteiger partial charge is 0.139 e. The van der Waals surface area contributed by atoms with E-state index in [9.17, 15) is 0 Å². The molecule has 0 unspecified atom stereocenters. The number of anilines is 1. The highest BCUT2D eigenvalue weighted by Crippen LogP contribution is 2.24. The zero-order valence-corrected chi connectivity index (χ0v) is 12.2. The predicted molar refractivity (Wildman–Crippen MR) is 78.3 cm³/mol. The number of rotatable bonds is 5. The largest absolute Gasteiger partial charge is 0.493 e. The first-order valence-electron chi connectivity index (χ1n) is 5.93. The molecule has 0 aliphatic carbocycles. The molecule has 5 heteroatoms. The molecule has 19 heavy (non-hydrogen) atoms. The number of aromatic nitrogens is 1. The minimum Gasteiger partial charge on any atom is -0.493 e. The van der Waals surface area contributed by atoms with Crippen molar-refractivity contribution >= 4 is 21.6 Å². The molecule has 0 fully saturated rings. The van der Waals surface area contributed by atoms with Crippen molar-refractivity contribution in [3.8, 4) is 11.5 Å². The Morgan fingerprint density at radius 1 is 1.21 bits per heavy atom. The van der Waals surface area contributed by atoms with Crippen molar-refractivity contribution in [3.05, 3.63) is 46.7 Å². The number of halogens is 1. The molecule has 1 heterocycles. The van der Waals surface area contributed by atoms with Crippen molar-refractivity contribution in [2.75, 3.05) is 12.3 Å². The molecule has 0 aliphatic heterocycles. The topological polar surface area (TPSA) is 57.4 Å². The molecule has 0 bridgehead atoms. The van der Waals surface area contributed by atoms with Crippen LogP contribution in [0.3, 0.4) is 0 Å². The maximum Gasteiger partial charge on any atom is 0.139 e. The van der Waals surface area contributed by atoms with Gasteiger partial charge in [0.25, 0.3) is 0 Å². The maximum atomic E-state index is 5.79. The monoisotopic (exact) mass is 322 g/mol. The Labute approximate surface area is 120 Å². The Hall–Kier alpha value is -1.75. The van der Waals surface area contributed by atoms with Gasteiger partial charge in [0.2, 0.25) is 0 Å². The lowest BCUT2D eigenvalue weighted by atomic mass is 10.2. The van der Waals surface area contributed by atoms with Gasteiger partial charge in [0.15, 0.2) is 0 Å². The molecule has 0 radical (unpaired) electrons. The van der Waals surface area contributed by atoms with Crippen molar-refractivity contribution < 1.29 is 9.47 Å². The molecule has 100 valence electrons. The zero-order valence-electron chi connectivity index (χ0n) is 10.6. The Morgan fingerprint density at radius 2 is 2.05 bits per heavy atom. The second kappa shape index (κ2) is 6.43. The van der Waals surface area contributed by atoms with Crippen molar-refractivity contribution in [1.29, 1.82) is 0 Å². The van der Waals surface area contributed by atoms with Gasteiger partial charge in [-0.3, -0.25) is 4.98 Å². The molecule has 2 N–H and O–H groups in total. The lowest BCUT2D eigenvalue weighted by Crippen LogP contribution is -2.02. The summed E-state index contributed by atoms with van der Waals surface area (Å²) in [6, 6.07) is 7.39. The minimum absolute atomic E-state index is 0.387. The van der Waals surface area contributed by atoms with E-state index in [1.54, 1.807) is 12.4 Å². The highest BCUT2D eigenvalue weighted by molar-refractivity contribution is 9.10. The summed E-state index contributed by atoms with van der Waals surface area (Å²) in [4.78, 5) is 4.04. The van der Waals surface area contributed by atoms with E-state index in [0.717, 1.165) is 15.8 Å². The van der Waals surface area contributed by atoms with E-state index in [2.05, 4.69) is 20.9 Å². The summed E-state index contributed by atoms with van der Waals surface area (Å²) in [5.41, 5.74) is 7.39. The van der Waals surface area contributed by atoms with Gasteiger partial charge in [-0.25, -0.2) is 0 Å². The second-order valence-electron chi connectivity index (χ2n) is 3.93. The molecule has 0 amide bonds. The van der Waals surface area contributed by atoms with Gasteiger partial charge in [-0.05, 0) is 47.1 Å². The SMILES string of the molecule is CCOc1ccc(N)cc1COc1cncc(Br)c1. The van der Waals surface area contributed by atoms with E-state index >= 15 is 0 Å².